The zero-order chi connectivity index (χ0) is 16.8. The first kappa shape index (κ1) is 16.8. The van der Waals surface area contributed by atoms with Crippen LogP contribution in [0.5, 0.6) is 5.75 Å². The number of benzene rings is 2. The van der Waals surface area contributed by atoms with E-state index in [2.05, 4.69) is 17.4 Å². The van der Waals surface area contributed by atoms with Crippen molar-refractivity contribution in [3.63, 3.8) is 0 Å². The summed E-state index contributed by atoms with van der Waals surface area (Å²) in [5, 5.41) is 5.41. The molecule has 0 unspecified atom stereocenters. The molecule has 1 aliphatic rings. The first-order valence-electron chi connectivity index (χ1n) is 9.19. The predicted molar refractivity (Wildman–Crippen MR) is 98.2 cm³/mol. The highest BCUT2D eigenvalue weighted by molar-refractivity contribution is 5.84. The van der Waals surface area contributed by atoms with Crippen molar-refractivity contribution in [2.24, 2.45) is 5.92 Å². The molecule has 3 nitrogen and oxygen atoms in total. The van der Waals surface area contributed by atoms with E-state index in [1.54, 1.807) is 0 Å². The molecule has 0 bridgehead atoms. The fraction of sp³-hybridized carbons (Fsp3) is 0.476. The number of carbonyl (C=O) groups is 1. The van der Waals surface area contributed by atoms with Crippen LogP contribution in [0.3, 0.4) is 0 Å². The molecule has 1 N–H and O–H groups in total. The topological polar surface area (TPSA) is 38.3 Å². The van der Waals surface area contributed by atoms with E-state index in [9.17, 15) is 4.79 Å². The Morgan fingerprint density at radius 2 is 1.88 bits per heavy atom. The highest BCUT2D eigenvalue weighted by Gasteiger charge is 2.20. The maximum absolute atomic E-state index is 12.4. The van der Waals surface area contributed by atoms with Gasteiger partial charge in [-0.3, -0.25) is 4.79 Å². The zero-order valence-electron chi connectivity index (χ0n) is 14.5. The molecule has 2 aromatic rings. The second-order valence-electron chi connectivity index (χ2n) is 6.77. The van der Waals surface area contributed by atoms with Crippen molar-refractivity contribution in [2.45, 2.75) is 51.6 Å². The van der Waals surface area contributed by atoms with Gasteiger partial charge in [0.05, 0.1) is 0 Å². The van der Waals surface area contributed by atoms with Crippen LogP contribution in [0.1, 0.15) is 45.4 Å². The molecule has 0 radical (unpaired) electrons. The largest absolute Gasteiger partial charge is 0.481 e. The lowest BCUT2D eigenvalue weighted by Gasteiger charge is -2.23. The molecule has 1 atom stereocenters. The van der Waals surface area contributed by atoms with Crippen LogP contribution >= 0.6 is 0 Å². The van der Waals surface area contributed by atoms with Crippen molar-refractivity contribution in [2.75, 3.05) is 6.54 Å². The van der Waals surface area contributed by atoms with E-state index >= 15 is 0 Å². The number of hydrogen-bond donors (Lipinski definition) is 1. The summed E-state index contributed by atoms with van der Waals surface area (Å²) in [6.07, 6.45) is 6.66. The Labute approximate surface area is 144 Å². The molecule has 3 heteroatoms. The molecule has 1 amide bonds. The van der Waals surface area contributed by atoms with Gasteiger partial charge in [-0.25, -0.2) is 0 Å². The van der Waals surface area contributed by atoms with Crippen molar-refractivity contribution in [3.8, 4) is 5.75 Å². The Hall–Kier alpha value is -2.03. The SMILES string of the molecule is CC[C@@H](Oc1ccc2ccccc2c1)C(=O)NCC1CCCCC1. The van der Waals surface area contributed by atoms with Crippen LogP contribution in [0, 0.1) is 5.92 Å². The number of fused-ring (bicyclic) bond motifs is 1. The minimum Gasteiger partial charge on any atom is -0.481 e. The summed E-state index contributed by atoms with van der Waals surface area (Å²) < 4.78 is 5.96. The van der Waals surface area contributed by atoms with Crippen LogP contribution in [0.25, 0.3) is 10.8 Å². The van der Waals surface area contributed by atoms with Gasteiger partial charge < -0.3 is 10.1 Å². The van der Waals surface area contributed by atoms with E-state index in [0.29, 0.717) is 12.3 Å². The summed E-state index contributed by atoms with van der Waals surface area (Å²) in [4.78, 5) is 12.4. The first-order valence-corrected chi connectivity index (χ1v) is 9.19. The van der Waals surface area contributed by atoms with E-state index in [-0.39, 0.29) is 5.91 Å². The highest BCUT2D eigenvalue weighted by atomic mass is 16.5. The molecule has 24 heavy (non-hydrogen) atoms. The first-order chi connectivity index (χ1) is 11.8. The Kier molecular flexibility index (Phi) is 5.73. The number of amides is 1. The number of hydrogen-bond acceptors (Lipinski definition) is 2. The normalized spacial score (nSPS) is 16.7. The predicted octanol–water partition coefficient (Wildman–Crippen LogP) is 4.69. The van der Waals surface area contributed by atoms with Gasteiger partial charge in [-0.05, 0) is 48.1 Å². The third kappa shape index (κ3) is 4.28. The maximum atomic E-state index is 12.4. The van der Waals surface area contributed by atoms with Crippen molar-refractivity contribution >= 4 is 16.7 Å². The summed E-state index contributed by atoms with van der Waals surface area (Å²) in [5.41, 5.74) is 0. The second kappa shape index (κ2) is 8.18. The van der Waals surface area contributed by atoms with Gasteiger partial charge in [0.2, 0.25) is 0 Å². The summed E-state index contributed by atoms with van der Waals surface area (Å²) >= 11 is 0. The molecule has 0 aromatic heterocycles. The van der Waals surface area contributed by atoms with Gasteiger partial charge in [0.15, 0.2) is 6.10 Å². The van der Waals surface area contributed by atoms with Gasteiger partial charge in [-0.2, -0.15) is 0 Å². The van der Waals surface area contributed by atoms with Gasteiger partial charge in [0.25, 0.3) is 5.91 Å². The standard InChI is InChI=1S/C21H27NO2/c1-2-20(21(23)22-15-16-8-4-3-5-9-16)24-19-13-12-17-10-6-7-11-18(17)14-19/h6-7,10-14,16,20H,2-5,8-9,15H2,1H3,(H,22,23)/t20-/m1/s1. The summed E-state index contributed by atoms with van der Waals surface area (Å²) in [6.45, 7) is 2.78. The Balaban J connectivity index is 1.58. The molecular weight excluding hydrogens is 298 g/mol. The average Bonchev–Trinajstić information content (AvgIpc) is 2.65. The Morgan fingerprint density at radius 3 is 2.62 bits per heavy atom. The lowest BCUT2D eigenvalue weighted by atomic mass is 9.89. The van der Waals surface area contributed by atoms with Crippen LogP contribution in [-0.4, -0.2) is 18.6 Å². The van der Waals surface area contributed by atoms with Crippen molar-refractivity contribution in [3.05, 3.63) is 42.5 Å². The van der Waals surface area contributed by atoms with Gasteiger partial charge >= 0.3 is 0 Å². The molecule has 0 heterocycles. The molecule has 128 valence electrons. The van der Waals surface area contributed by atoms with Crippen LogP contribution in [0.4, 0.5) is 0 Å². The third-order valence-electron chi connectivity index (χ3n) is 4.95. The maximum Gasteiger partial charge on any atom is 0.261 e. The van der Waals surface area contributed by atoms with Crippen LogP contribution in [0.2, 0.25) is 0 Å². The van der Waals surface area contributed by atoms with Crippen LogP contribution in [0.15, 0.2) is 42.5 Å². The third-order valence-corrected chi connectivity index (χ3v) is 4.95. The molecule has 1 saturated carbocycles. The van der Waals surface area contributed by atoms with Crippen molar-refractivity contribution in [1.29, 1.82) is 0 Å². The number of rotatable bonds is 6. The summed E-state index contributed by atoms with van der Waals surface area (Å²) in [5.74, 6) is 1.41. The number of carbonyl (C=O) groups excluding carboxylic acids is 1. The van der Waals surface area contributed by atoms with Gasteiger partial charge in [-0.15, -0.1) is 0 Å². The summed E-state index contributed by atoms with van der Waals surface area (Å²) in [7, 11) is 0. The molecule has 0 spiro atoms. The molecular formula is C21H27NO2. The lowest BCUT2D eigenvalue weighted by molar-refractivity contribution is -0.128. The van der Waals surface area contributed by atoms with Crippen LogP contribution < -0.4 is 10.1 Å². The quantitative estimate of drug-likeness (QED) is 0.836. The Bertz CT molecular complexity index is 676. The minimum atomic E-state index is -0.422. The van der Waals surface area contributed by atoms with E-state index in [1.807, 2.05) is 37.3 Å². The minimum absolute atomic E-state index is 0.0104. The van der Waals surface area contributed by atoms with E-state index in [1.165, 1.54) is 37.5 Å². The van der Waals surface area contributed by atoms with Crippen molar-refractivity contribution < 1.29 is 9.53 Å². The molecule has 3 rings (SSSR count). The van der Waals surface area contributed by atoms with E-state index in [0.717, 1.165) is 17.7 Å². The van der Waals surface area contributed by atoms with E-state index in [4.69, 9.17) is 4.74 Å². The summed E-state index contributed by atoms with van der Waals surface area (Å²) in [6, 6.07) is 14.2. The molecule has 2 aromatic carbocycles. The fourth-order valence-corrected chi connectivity index (χ4v) is 3.48. The van der Waals surface area contributed by atoms with Crippen LogP contribution in [-0.2, 0) is 4.79 Å². The van der Waals surface area contributed by atoms with Gasteiger partial charge in [0, 0.05) is 6.54 Å². The number of ether oxygens (including phenoxy) is 1. The lowest BCUT2D eigenvalue weighted by Crippen LogP contribution is -2.40. The molecule has 0 aliphatic heterocycles. The second-order valence-corrected chi connectivity index (χ2v) is 6.77. The molecule has 0 saturated heterocycles. The van der Waals surface area contributed by atoms with Gasteiger partial charge in [0.1, 0.15) is 5.75 Å². The highest BCUT2D eigenvalue weighted by Crippen LogP contribution is 2.24. The fourth-order valence-electron chi connectivity index (χ4n) is 3.48. The smallest absolute Gasteiger partial charge is 0.261 e. The van der Waals surface area contributed by atoms with E-state index < -0.39 is 6.10 Å². The Morgan fingerprint density at radius 1 is 1.12 bits per heavy atom. The monoisotopic (exact) mass is 325 g/mol. The van der Waals surface area contributed by atoms with Crippen molar-refractivity contribution in [1.82, 2.24) is 5.32 Å². The number of nitrogens with one attached hydrogen (secondary N) is 1. The molecule has 1 aliphatic carbocycles. The van der Waals surface area contributed by atoms with Gasteiger partial charge in [-0.1, -0.05) is 56.5 Å². The average molecular weight is 325 g/mol. The zero-order valence-corrected chi connectivity index (χ0v) is 14.5. The molecule has 1 fully saturated rings.